The number of hydrogen-bond acceptors (Lipinski definition) is 3. The lowest BCUT2D eigenvalue weighted by molar-refractivity contribution is 0.00837. The Morgan fingerprint density at radius 1 is 1.43 bits per heavy atom. The summed E-state index contributed by atoms with van der Waals surface area (Å²) in [6, 6.07) is 0.274. The number of piperidine rings is 1. The first-order valence-corrected chi connectivity index (χ1v) is 7.83. The Balaban J connectivity index is 1.95. The van der Waals surface area contributed by atoms with E-state index in [0.717, 1.165) is 38.0 Å². The molecule has 1 amide bonds. The van der Waals surface area contributed by atoms with E-state index in [1.54, 1.807) is 0 Å². The highest BCUT2D eigenvalue weighted by molar-refractivity contribution is 5.68. The number of imidazole rings is 1. The van der Waals surface area contributed by atoms with Crippen molar-refractivity contribution in [3.8, 4) is 0 Å². The van der Waals surface area contributed by atoms with Crippen molar-refractivity contribution in [3.05, 3.63) is 18.2 Å². The number of ether oxygens (including phenoxy) is 1. The van der Waals surface area contributed by atoms with E-state index in [2.05, 4.69) is 16.5 Å². The van der Waals surface area contributed by atoms with Gasteiger partial charge in [-0.15, -0.1) is 0 Å². The van der Waals surface area contributed by atoms with Gasteiger partial charge in [0, 0.05) is 31.0 Å². The predicted octanol–water partition coefficient (Wildman–Crippen LogP) is 3.37. The molecule has 0 aromatic carbocycles. The molecule has 0 saturated carbocycles. The lowest BCUT2D eigenvalue weighted by Crippen LogP contribution is -2.46. The molecule has 5 nitrogen and oxygen atoms in total. The molecule has 21 heavy (non-hydrogen) atoms. The van der Waals surface area contributed by atoms with Crippen LogP contribution in [0.4, 0.5) is 4.79 Å². The third kappa shape index (κ3) is 4.48. The lowest BCUT2D eigenvalue weighted by Gasteiger charge is -2.37. The van der Waals surface area contributed by atoms with Gasteiger partial charge in [-0.25, -0.2) is 9.78 Å². The van der Waals surface area contributed by atoms with Gasteiger partial charge in [0.15, 0.2) is 0 Å². The molecule has 0 spiro atoms. The predicted molar refractivity (Wildman–Crippen MR) is 82.2 cm³/mol. The van der Waals surface area contributed by atoms with Gasteiger partial charge >= 0.3 is 6.09 Å². The summed E-state index contributed by atoms with van der Waals surface area (Å²) in [7, 11) is 0. The van der Waals surface area contributed by atoms with Crippen LogP contribution in [0.5, 0.6) is 0 Å². The van der Waals surface area contributed by atoms with Gasteiger partial charge in [0.1, 0.15) is 5.60 Å². The van der Waals surface area contributed by atoms with E-state index in [0.29, 0.717) is 0 Å². The fourth-order valence-corrected chi connectivity index (χ4v) is 2.77. The number of rotatable bonds is 3. The molecular weight excluding hydrogens is 266 g/mol. The fraction of sp³-hybridized carbons (Fsp3) is 0.750. The average Bonchev–Trinajstić information content (AvgIpc) is 2.80. The molecule has 0 bridgehead atoms. The van der Waals surface area contributed by atoms with Crippen molar-refractivity contribution < 1.29 is 9.53 Å². The fourth-order valence-electron chi connectivity index (χ4n) is 2.77. The van der Waals surface area contributed by atoms with E-state index in [1.165, 1.54) is 6.42 Å². The number of aryl methyl sites for hydroxylation is 2. The van der Waals surface area contributed by atoms with Crippen LogP contribution in [0.3, 0.4) is 0 Å². The molecule has 1 atom stereocenters. The van der Waals surface area contributed by atoms with Crippen molar-refractivity contribution >= 4 is 6.09 Å². The number of aromatic nitrogens is 2. The minimum absolute atomic E-state index is 0.172. The Hall–Kier alpha value is -1.52. The van der Waals surface area contributed by atoms with Crippen molar-refractivity contribution in [2.75, 3.05) is 6.54 Å². The molecule has 1 aliphatic rings. The molecule has 0 N–H and O–H groups in total. The summed E-state index contributed by atoms with van der Waals surface area (Å²) in [6.07, 6.45) is 7.83. The largest absolute Gasteiger partial charge is 0.444 e. The van der Waals surface area contributed by atoms with Crippen LogP contribution in [-0.4, -0.2) is 38.7 Å². The Morgan fingerprint density at radius 2 is 2.19 bits per heavy atom. The lowest BCUT2D eigenvalue weighted by atomic mass is 10.00. The Kier molecular flexibility index (Phi) is 4.91. The number of carbonyl (C=O) groups is 1. The first kappa shape index (κ1) is 15.9. The minimum Gasteiger partial charge on any atom is -0.444 e. The summed E-state index contributed by atoms with van der Waals surface area (Å²) in [6.45, 7) is 9.51. The molecule has 5 heteroatoms. The summed E-state index contributed by atoms with van der Waals surface area (Å²) in [5.74, 6) is 0. The second kappa shape index (κ2) is 6.50. The van der Waals surface area contributed by atoms with Crippen molar-refractivity contribution in [2.24, 2.45) is 0 Å². The summed E-state index contributed by atoms with van der Waals surface area (Å²) < 4.78 is 7.68. The van der Waals surface area contributed by atoms with Crippen LogP contribution in [0.25, 0.3) is 0 Å². The van der Waals surface area contributed by atoms with E-state index in [4.69, 9.17) is 4.74 Å². The molecule has 1 aromatic heterocycles. The highest BCUT2D eigenvalue weighted by atomic mass is 16.6. The molecule has 118 valence electrons. The van der Waals surface area contributed by atoms with Crippen LogP contribution >= 0.6 is 0 Å². The average molecular weight is 293 g/mol. The highest BCUT2D eigenvalue weighted by Crippen LogP contribution is 2.23. The first-order valence-electron chi connectivity index (χ1n) is 7.83. The molecule has 2 heterocycles. The molecule has 2 rings (SSSR count). The number of likely N-dealkylation sites (tertiary alicyclic amines) is 1. The Morgan fingerprint density at radius 3 is 2.81 bits per heavy atom. The summed E-state index contributed by atoms with van der Waals surface area (Å²) >= 11 is 0. The monoisotopic (exact) mass is 293 g/mol. The van der Waals surface area contributed by atoms with Gasteiger partial charge in [-0.2, -0.15) is 0 Å². The van der Waals surface area contributed by atoms with Crippen LogP contribution in [-0.2, 0) is 11.3 Å². The number of hydrogen-bond donors (Lipinski definition) is 0. The van der Waals surface area contributed by atoms with Crippen molar-refractivity contribution in [1.82, 2.24) is 14.5 Å². The van der Waals surface area contributed by atoms with Crippen LogP contribution in [0, 0.1) is 6.92 Å². The zero-order valence-corrected chi connectivity index (χ0v) is 13.6. The molecule has 0 radical (unpaired) electrons. The summed E-state index contributed by atoms with van der Waals surface area (Å²) in [5.41, 5.74) is 0.731. The molecule has 1 aliphatic heterocycles. The number of carbonyl (C=O) groups excluding carboxylic acids is 1. The van der Waals surface area contributed by atoms with Gasteiger partial charge in [0.25, 0.3) is 0 Å². The van der Waals surface area contributed by atoms with Crippen LogP contribution in [0.1, 0.15) is 52.1 Å². The van der Waals surface area contributed by atoms with Crippen molar-refractivity contribution in [2.45, 2.75) is 71.6 Å². The van der Waals surface area contributed by atoms with Gasteiger partial charge < -0.3 is 14.2 Å². The molecule has 1 saturated heterocycles. The zero-order chi connectivity index (χ0) is 15.5. The first-order chi connectivity index (χ1) is 9.87. The van der Waals surface area contributed by atoms with Gasteiger partial charge in [-0.1, -0.05) is 0 Å². The quantitative estimate of drug-likeness (QED) is 0.858. The number of nitrogens with zero attached hydrogens (tertiary/aromatic N) is 3. The van der Waals surface area contributed by atoms with Crippen LogP contribution in [0.2, 0.25) is 0 Å². The SMILES string of the molecule is Cc1cncn1CCC1CCCCN1C(=O)OC(C)(C)C. The van der Waals surface area contributed by atoms with E-state index < -0.39 is 5.60 Å². The van der Waals surface area contributed by atoms with Gasteiger partial charge in [-0.05, 0) is 53.4 Å². The highest BCUT2D eigenvalue weighted by Gasteiger charge is 2.30. The van der Waals surface area contributed by atoms with E-state index >= 15 is 0 Å². The zero-order valence-electron chi connectivity index (χ0n) is 13.6. The second-order valence-electron chi connectivity index (χ2n) is 6.84. The Labute approximate surface area is 127 Å². The van der Waals surface area contributed by atoms with Crippen molar-refractivity contribution in [3.63, 3.8) is 0 Å². The normalized spacial score (nSPS) is 19.6. The second-order valence-corrected chi connectivity index (χ2v) is 6.84. The molecule has 1 unspecified atom stereocenters. The molecule has 1 aromatic rings. The minimum atomic E-state index is -0.431. The molecule has 1 fully saturated rings. The maximum atomic E-state index is 12.3. The van der Waals surface area contributed by atoms with Gasteiger partial charge in [0.2, 0.25) is 0 Å². The van der Waals surface area contributed by atoms with Gasteiger partial charge in [-0.3, -0.25) is 0 Å². The van der Waals surface area contributed by atoms with E-state index in [9.17, 15) is 4.79 Å². The summed E-state index contributed by atoms with van der Waals surface area (Å²) in [4.78, 5) is 18.4. The molecule has 0 aliphatic carbocycles. The third-order valence-corrected chi connectivity index (χ3v) is 3.88. The maximum Gasteiger partial charge on any atom is 0.410 e. The topological polar surface area (TPSA) is 47.4 Å². The molecular formula is C16H27N3O2. The van der Waals surface area contributed by atoms with E-state index in [-0.39, 0.29) is 12.1 Å². The van der Waals surface area contributed by atoms with Crippen molar-refractivity contribution in [1.29, 1.82) is 0 Å². The van der Waals surface area contributed by atoms with Gasteiger partial charge in [0.05, 0.1) is 6.33 Å². The maximum absolute atomic E-state index is 12.3. The van der Waals surface area contributed by atoms with Crippen LogP contribution < -0.4 is 0 Å². The smallest absolute Gasteiger partial charge is 0.410 e. The van der Waals surface area contributed by atoms with E-state index in [1.807, 2.05) is 38.2 Å². The Bertz CT molecular complexity index is 476. The third-order valence-electron chi connectivity index (χ3n) is 3.88. The number of amides is 1. The summed E-state index contributed by atoms with van der Waals surface area (Å²) in [5, 5.41) is 0. The standard InChI is InChI=1S/C16H27N3O2/c1-13-11-17-12-18(13)10-8-14-7-5-6-9-19(14)15(20)21-16(2,3)4/h11-12,14H,5-10H2,1-4H3. The van der Waals surface area contributed by atoms with Crippen LogP contribution in [0.15, 0.2) is 12.5 Å².